The molecule has 67 heavy (non-hydrogen) atoms. The van der Waals surface area contributed by atoms with Gasteiger partial charge in [-0.25, -0.2) is 9.97 Å². The lowest BCUT2D eigenvalue weighted by Crippen LogP contribution is -2.28. The van der Waals surface area contributed by atoms with Crippen molar-refractivity contribution in [2.45, 2.75) is 32.4 Å². The number of carboxylic acid groups (broad SMARTS) is 2. The second-order valence-electron chi connectivity index (χ2n) is 15.2. The first-order chi connectivity index (χ1) is 32.4. The number of carbonyl (C=O) groups is 4. The van der Waals surface area contributed by atoms with Gasteiger partial charge in [0.1, 0.15) is 0 Å². The van der Waals surface area contributed by atoms with Crippen LogP contribution in [0, 0.1) is 0 Å². The number of aromatic hydroxyl groups is 2. The predicted octanol–water partition coefficient (Wildman–Crippen LogP) is 5.36. The molecule has 0 aliphatic heterocycles. The van der Waals surface area contributed by atoms with Crippen LogP contribution in [0.1, 0.15) is 56.1 Å². The summed E-state index contributed by atoms with van der Waals surface area (Å²) in [6.07, 6.45) is 5.84. The van der Waals surface area contributed by atoms with Crippen molar-refractivity contribution >= 4 is 45.4 Å². The highest BCUT2D eigenvalue weighted by Gasteiger charge is 2.24. The van der Waals surface area contributed by atoms with Gasteiger partial charge in [-0.3, -0.25) is 33.8 Å². The minimum Gasteiger partial charge on any atom is -0.505 e. The van der Waals surface area contributed by atoms with E-state index < -0.39 is 29.5 Å². The number of hydrogen-bond donors (Lipinski definition) is 6. The van der Waals surface area contributed by atoms with Crippen LogP contribution < -0.4 is 21.8 Å². The van der Waals surface area contributed by atoms with Crippen LogP contribution in [-0.4, -0.2) is 81.4 Å². The van der Waals surface area contributed by atoms with Gasteiger partial charge in [0.25, 0.3) is 22.9 Å². The zero-order valence-electron chi connectivity index (χ0n) is 35.7. The fraction of sp³-hybridized carbons (Fsp3) is 0.140. The lowest BCUT2D eigenvalue weighted by Gasteiger charge is -2.15. The largest absolute Gasteiger partial charge is 0.505 e. The average Bonchev–Trinajstić information content (AvgIpc) is 3.33. The van der Waals surface area contributed by atoms with Crippen LogP contribution in [0.25, 0.3) is 32.9 Å². The van der Waals surface area contributed by atoms with Crippen molar-refractivity contribution < 1.29 is 39.6 Å². The summed E-state index contributed by atoms with van der Waals surface area (Å²) in [7, 11) is 0. The molecule has 0 saturated carbocycles. The number of nitrogens with zero attached hydrogens (tertiary/aromatic N) is 5. The highest BCUT2D eigenvalue weighted by molar-refractivity contribution is 6.06. The zero-order chi connectivity index (χ0) is 47.5. The molecule has 0 aliphatic carbocycles. The number of rotatable bonds is 15. The predicted molar refractivity (Wildman–Crippen MR) is 248 cm³/mol. The fourth-order valence-electron chi connectivity index (χ4n) is 7.27. The van der Waals surface area contributed by atoms with E-state index in [1.54, 1.807) is 41.2 Å². The summed E-state index contributed by atoms with van der Waals surface area (Å²) in [5.74, 6) is -4.36. The standard InChI is InChI=1S/C26H23N3O5.C24H20N4O5/c30-22(31)11-12-27-25(33)23-24(32)20-14-19(13-17-7-3-1-4-8-17)26(34)29(21(20)15-28-23)16-18-9-5-2-6-10-18;29-18(30)8-11-26-23(32)21-22(31)17-9-12-28(14-15-5-2-1-3-6-15)24(33)19(17)20(27-21)16-7-4-10-25-13-16/h1-10,14-15,32H,11-13,16H2,(H,27,33)(H,30,31);1-7,9-10,12-13,31H,8,11,14H2,(H,26,32)(H,29,30). The molecule has 0 spiro atoms. The van der Waals surface area contributed by atoms with E-state index in [9.17, 15) is 39.0 Å². The number of aliphatic carboxylic acids is 2. The highest BCUT2D eigenvalue weighted by Crippen LogP contribution is 2.33. The number of fused-ring (bicyclic) bond motifs is 2. The van der Waals surface area contributed by atoms with Crippen molar-refractivity contribution in [1.82, 2.24) is 34.7 Å². The number of benzene rings is 3. The Bertz CT molecular complexity index is 3220. The number of hydrogen-bond acceptors (Lipinski definition) is 11. The molecular formula is C50H43N7O10. The number of nitrogens with one attached hydrogen (secondary N) is 2. The summed E-state index contributed by atoms with van der Waals surface area (Å²) in [5, 5.41) is 44.8. The Hall–Kier alpha value is -8.99. The molecule has 0 saturated heterocycles. The molecule has 0 radical (unpaired) electrons. The summed E-state index contributed by atoms with van der Waals surface area (Å²) < 4.78 is 3.05. The van der Waals surface area contributed by atoms with E-state index in [1.165, 1.54) is 17.0 Å². The van der Waals surface area contributed by atoms with Crippen molar-refractivity contribution in [3.63, 3.8) is 0 Å². The first-order valence-electron chi connectivity index (χ1n) is 20.9. The van der Waals surface area contributed by atoms with Crippen LogP contribution in [-0.2, 0) is 29.1 Å². The Balaban J connectivity index is 0.000000199. The molecule has 0 bridgehead atoms. The molecule has 0 atom stereocenters. The van der Waals surface area contributed by atoms with Gasteiger partial charge in [-0.2, -0.15) is 0 Å². The van der Waals surface area contributed by atoms with E-state index in [4.69, 9.17) is 10.2 Å². The van der Waals surface area contributed by atoms with Gasteiger partial charge in [0.05, 0.1) is 48.7 Å². The number of amides is 2. The molecule has 2 amide bonds. The quantitative estimate of drug-likeness (QED) is 0.0759. The maximum absolute atomic E-state index is 13.4. The molecular weight excluding hydrogens is 859 g/mol. The first kappa shape index (κ1) is 46.0. The molecule has 17 heteroatoms. The van der Waals surface area contributed by atoms with Gasteiger partial charge in [-0.1, -0.05) is 91.0 Å². The summed E-state index contributed by atoms with van der Waals surface area (Å²) in [4.78, 5) is 86.0. The summed E-state index contributed by atoms with van der Waals surface area (Å²) >= 11 is 0. The van der Waals surface area contributed by atoms with Crippen LogP contribution >= 0.6 is 0 Å². The van der Waals surface area contributed by atoms with E-state index in [1.807, 2.05) is 91.0 Å². The molecule has 338 valence electrons. The normalized spacial score (nSPS) is 10.8. The zero-order valence-corrected chi connectivity index (χ0v) is 35.7. The first-order valence-corrected chi connectivity index (χ1v) is 20.9. The van der Waals surface area contributed by atoms with Gasteiger partial charge < -0.3 is 40.2 Å². The molecule has 5 heterocycles. The van der Waals surface area contributed by atoms with Crippen molar-refractivity contribution in [3.05, 3.63) is 194 Å². The highest BCUT2D eigenvalue weighted by atomic mass is 16.4. The molecule has 6 N–H and O–H groups in total. The molecule has 8 rings (SSSR count). The Kier molecular flexibility index (Phi) is 14.5. The third-order valence-electron chi connectivity index (χ3n) is 10.5. The van der Waals surface area contributed by atoms with E-state index in [0.717, 1.165) is 16.7 Å². The SMILES string of the molecule is O=C(O)CCNC(=O)c1nc(-c2cccnc2)c2c(=O)n(Cc3ccccc3)ccc2c1O.O=C(O)CCNC(=O)c1ncc2c(cc(Cc3ccccc3)c(=O)n2Cc2ccccc2)c1O. The Labute approximate surface area is 381 Å². The molecule has 0 fully saturated rings. The lowest BCUT2D eigenvalue weighted by atomic mass is 10.0. The van der Waals surface area contributed by atoms with E-state index in [-0.39, 0.29) is 77.2 Å². The van der Waals surface area contributed by atoms with Crippen LogP contribution in [0.2, 0.25) is 0 Å². The summed E-state index contributed by atoms with van der Waals surface area (Å²) in [6, 6.07) is 34.9. The van der Waals surface area contributed by atoms with Crippen molar-refractivity contribution in [2.75, 3.05) is 13.1 Å². The third-order valence-corrected chi connectivity index (χ3v) is 10.5. The van der Waals surface area contributed by atoms with Gasteiger partial charge in [0.2, 0.25) is 0 Å². The Morgan fingerprint density at radius 1 is 0.612 bits per heavy atom. The molecule has 17 nitrogen and oxygen atoms in total. The molecule has 3 aromatic carbocycles. The smallest absolute Gasteiger partial charge is 0.305 e. The second-order valence-corrected chi connectivity index (χ2v) is 15.2. The van der Waals surface area contributed by atoms with Gasteiger partial charge in [0, 0.05) is 60.0 Å². The minimum atomic E-state index is -1.07. The van der Waals surface area contributed by atoms with Gasteiger partial charge >= 0.3 is 11.9 Å². The van der Waals surface area contributed by atoms with Crippen LogP contribution in [0.15, 0.2) is 150 Å². The van der Waals surface area contributed by atoms with Gasteiger partial charge in [-0.15, -0.1) is 0 Å². The average molecular weight is 902 g/mol. The van der Waals surface area contributed by atoms with Crippen LogP contribution in [0.5, 0.6) is 11.5 Å². The van der Waals surface area contributed by atoms with E-state index in [2.05, 4.69) is 25.6 Å². The van der Waals surface area contributed by atoms with E-state index >= 15 is 0 Å². The summed E-state index contributed by atoms with van der Waals surface area (Å²) in [6.45, 7) is 0.360. The van der Waals surface area contributed by atoms with Crippen molar-refractivity contribution in [2.24, 2.45) is 0 Å². The monoisotopic (exact) mass is 901 g/mol. The van der Waals surface area contributed by atoms with Crippen molar-refractivity contribution in [1.29, 1.82) is 0 Å². The van der Waals surface area contributed by atoms with E-state index in [0.29, 0.717) is 35.0 Å². The number of pyridine rings is 5. The second kappa shape index (κ2) is 21.1. The molecule has 0 aliphatic rings. The third kappa shape index (κ3) is 11.0. The van der Waals surface area contributed by atoms with Crippen LogP contribution in [0.3, 0.4) is 0 Å². The lowest BCUT2D eigenvalue weighted by molar-refractivity contribution is -0.137. The minimum absolute atomic E-state index is 0.0971. The van der Waals surface area contributed by atoms with Gasteiger partial charge in [-0.05, 0) is 41.0 Å². The Morgan fingerprint density at radius 3 is 1.76 bits per heavy atom. The maximum Gasteiger partial charge on any atom is 0.305 e. The number of carboxylic acids is 2. The maximum atomic E-state index is 13.4. The van der Waals surface area contributed by atoms with Crippen molar-refractivity contribution in [3.8, 4) is 22.8 Å². The summed E-state index contributed by atoms with van der Waals surface area (Å²) in [5.41, 5.74) is 3.20. The molecule has 0 unspecified atom stereocenters. The topological polar surface area (TPSA) is 256 Å². The Morgan fingerprint density at radius 2 is 1.18 bits per heavy atom. The number of carbonyl (C=O) groups excluding carboxylic acids is 2. The van der Waals surface area contributed by atoms with Gasteiger partial charge in [0.15, 0.2) is 22.9 Å². The fourth-order valence-corrected chi connectivity index (χ4v) is 7.27. The number of aromatic nitrogens is 5. The molecule has 5 aromatic heterocycles. The van der Waals surface area contributed by atoms with Crippen LogP contribution in [0.4, 0.5) is 0 Å². The molecule has 8 aromatic rings.